The lowest BCUT2D eigenvalue weighted by atomic mass is 10.0. The van der Waals surface area contributed by atoms with Crippen LogP contribution in [0.1, 0.15) is 18.6 Å². The van der Waals surface area contributed by atoms with E-state index in [1.165, 1.54) is 0 Å². The van der Waals surface area contributed by atoms with E-state index in [4.69, 9.17) is 9.84 Å². The molecule has 4 nitrogen and oxygen atoms in total. The van der Waals surface area contributed by atoms with Crippen LogP contribution in [0.5, 0.6) is 0 Å². The smallest absolute Gasteiger partial charge is 0.337 e. The van der Waals surface area contributed by atoms with Gasteiger partial charge >= 0.3 is 5.97 Å². The van der Waals surface area contributed by atoms with E-state index in [9.17, 15) is 4.79 Å². The Labute approximate surface area is 98.9 Å². The fraction of sp³-hybridized carbons (Fsp3) is 0.231. The molecule has 1 aromatic carbocycles. The van der Waals surface area contributed by atoms with Gasteiger partial charge in [0.1, 0.15) is 0 Å². The number of ether oxygens (including phenoxy) is 1. The molecule has 0 amide bonds. The molecule has 0 fully saturated rings. The average Bonchev–Trinajstić information content (AvgIpc) is 2.35. The van der Waals surface area contributed by atoms with Crippen molar-refractivity contribution in [3.8, 4) is 0 Å². The second-order valence-electron chi connectivity index (χ2n) is 3.60. The molecule has 0 saturated carbocycles. The van der Waals surface area contributed by atoms with E-state index in [-0.39, 0.29) is 0 Å². The molecule has 0 aliphatic carbocycles. The van der Waals surface area contributed by atoms with Crippen LogP contribution in [0, 0.1) is 0 Å². The fourth-order valence-corrected chi connectivity index (χ4v) is 1.80. The molecule has 0 radical (unpaired) electrons. The Kier molecular flexibility index (Phi) is 3.35. The van der Waals surface area contributed by atoms with Gasteiger partial charge in [-0.05, 0) is 13.0 Å². The molecule has 0 aliphatic rings. The van der Waals surface area contributed by atoms with Crippen molar-refractivity contribution < 1.29 is 14.6 Å². The summed E-state index contributed by atoms with van der Waals surface area (Å²) in [4.78, 5) is 15.4. The van der Waals surface area contributed by atoms with Crippen LogP contribution in [0.3, 0.4) is 0 Å². The summed E-state index contributed by atoms with van der Waals surface area (Å²) in [6, 6.07) is 9.17. The topological polar surface area (TPSA) is 59.4 Å². The quantitative estimate of drug-likeness (QED) is 0.877. The van der Waals surface area contributed by atoms with Gasteiger partial charge in [0.25, 0.3) is 0 Å². The van der Waals surface area contributed by atoms with E-state index in [0.29, 0.717) is 17.7 Å². The lowest BCUT2D eigenvalue weighted by Crippen LogP contribution is -2.15. The van der Waals surface area contributed by atoms with E-state index in [2.05, 4.69) is 4.98 Å². The predicted octanol–water partition coefficient (Wildman–Crippen LogP) is 2.40. The molecular formula is C13H13NO3. The first-order chi connectivity index (χ1) is 8.24. The number of nitrogens with zero attached hydrogens (tertiary/aromatic N) is 1. The number of hydrogen-bond donors (Lipinski definition) is 1. The van der Waals surface area contributed by atoms with E-state index in [1.54, 1.807) is 19.2 Å². The Bertz CT molecular complexity index is 534. The first kappa shape index (κ1) is 11.5. The molecule has 1 N–H and O–H groups in total. The normalized spacial score (nSPS) is 12.5. The Hall–Kier alpha value is -1.94. The third-order valence-electron chi connectivity index (χ3n) is 2.50. The largest absolute Gasteiger partial charge is 0.479 e. The van der Waals surface area contributed by atoms with E-state index < -0.39 is 12.1 Å². The molecule has 0 saturated heterocycles. The summed E-state index contributed by atoms with van der Waals surface area (Å²) in [6.07, 6.45) is 0.690. The molecule has 2 rings (SSSR count). The molecule has 1 atom stereocenters. The van der Waals surface area contributed by atoms with Crippen LogP contribution in [-0.4, -0.2) is 22.7 Å². The summed E-state index contributed by atoms with van der Waals surface area (Å²) >= 11 is 0. The highest BCUT2D eigenvalue weighted by molar-refractivity contribution is 5.87. The second kappa shape index (κ2) is 4.93. The average molecular weight is 231 g/mol. The van der Waals surface area contributed by atoms with Crippen molar-refractivity contribution in [3.05, 3.63) is 42.1 Å². The number of aliphatic carboxylic acids is 1. The molecule has 0 bridgehead atoms. The lowest BCUT2D eigenvalue weighted by molar-refractivity contribution is -0.150. The Morgan fingerprint density at radius 1 is 1.41 bits per heavy atom. The predicted molar refractivity (Wildman–Crippen MR) is 63.7 cm³/mol. The minimum absolute atomic E-state index is 0.347. The summed E-state index contributed by atoms with van der Waals surface area (Å²) in [7, 11) is 0. The van der Waals surface area contributed by atoms with Crippen LogP contribution in [0.25, 0.3) is 10.9 Å². The standard InChI is InChI=1S/C13H13NO3/c1-2-17-12(13(15)16)10-7-3-5-9-6-4-8-14-11(9)10/h3-8,12H,2H2,1H3,(H,15,16). The van der Waals surface area contributed by atoms with Crippen molar-refractivity contribution in [1.82, 2.24) is 4.98 Å². The number of rotatable bonds is 4. The number of carboxylic acids is 1. The zero-order valence-corrected chi connectivity index (χ0v) is 9.46. The van der Waals surface area contributed by atoms with Gasteiger partial charge in [0.15, 0.2) is 6.10 Å². The number of carboxylic acid groups (broad SMARTS) is 1. The van der Waals surface area contributed by atoms with Gasteiger partial charge in [0.05, 0.1) is 5.52 Å². The van der Waals surface area contributed by atoms with Gasteiger partial charge in [-0.25, -0.2) is 4.79 Å². The maximum absolute atomic E-state index is 11.2. The van der Waals surface area contributed by atoms with Crippen molar-refractivity contribution in [1.29, 1.82) is 0 Å². The second-order valence-corrected chi connectivity index (χ2v) is 3.60. The van der Waals surface area contributed by atoms with Crippen LogP contribution >= 0.6 is 0 Å². The third-order valence-corrected chi connectivity index (χ3v) is 2.50. The molecule has 2 aromatic rings. The van der Waals surface area contributed by atoms with E-state index in [1.807, 2.05) is 24.3 Å². The van der Waals surface area contributed by atoms with Crippen molar-refractivity contribution >= 4 is 16.9 Å². The number of benzene rings is 1. The first-order valence-corrected chi connectivity index (χ1v) is 5.42. The summed E-state index contributed by atoms with van der Waals surface area (Å²) in [6.45, 7) is 2.12. The minimum atomic E-state index is -0.995. The van der Waals surface area contributed by atoms with Crippen molar-refractivity contribution in [2.45, 2.75) is 13.0 Å². The number of hydrogen-bond acceptors (Lipinski definition) is 3. The van der Waals surface area contributed by atoms with Crippen LogP contribution < -0.4 is 0 Å². The zero-order valence-electron chi connectivity index (χ0n) is 9.46. The summed E-state index contributed by atoms with van der Waals surface area (Å²) in [5, 5.41) is 10.1. The molecule has 88 valence electrons. The van der Waals surface area contributed by atoms with Gasteiger partial charge in [-0.1, -0.05) is 24.3 Å². The highest BCUT2D eigenvalue weighted by Crippen LogP contribution is 2.25. The third kappa shape index (κ3) is 2.26. The van der Waals surface area contributed by atoms with Crippen LogP contribution in [-0.2, 0) is 9.53 Å². The summed E-state index contributed by atoms with van der Waals surface area (Å²) in [5.41, 5.74) is 1.27. The number of pyridine rings is 1. The molecule has 0 aliphatic heterocycles. The lowest BCUT2D eigenvalue weighted by Gasteiger charge is -2.14. The van der Waals surface area contributed by atoms with E-state index in [0.717, 1.165) is 5.39 Å². The molecule has 0 spiro atoms. The van der Waals surface area contributed by atoms with Gasteiger partial charge in [-0.15, -0.1) is 0 Å². The van der Waals surface area contributed by atoms with Crippen molar-refractivity contribution in [2.75, 3.05) is 6.61 Å². The Morgan fingerprint density at radius 3 is 2.88 bits per heavy atom. The molecule has 1 unspecified atom stereocenters. The SMILES string of the molecule is CCOC(C(=O)O)c1cccc2cccnc12. The monoisotopic (exact) mass is 231 g/mol. The first-order valence-electron chi connectivity index (χ1n) is 5.42. The number of fused-ring (bicyclic) bond motifs is 1. The number of para-hydroxylation sites is 1. The van der Waals surface area contributed by atoms with Crippen molar-refractivity contribution in [2.24, 2.45) is 0 Å². The maximum Gasteiger partial charge on any atom is 0.337 e. The summed E-state index contributed by atoms with van der Waals surface area (Å²) in [5.74, 6) is -0.995. The fourth-order valence-electron chi connectivity index (χ4n) is 1.80. The minimum Gasteiger partial charge on any atom is -0.479 e. The van der Waals surface area contributed by atoms with Crippen molar-refractivity contribution in [3.63, 3.8) is 0 Å². The maximum atomic E-state index is 11.2. The molecule has 17 heavy (non-hydrogen) atoms. The van der Waals surface area contributed by atoms with Gasteiger partial charge in [0.2, 0.25) is 0 Å². The van der Waals surface area contributed by atoms with Crippen LogP contribution in [0.15, 0.2) is 36.5 Å². The highest BCUT2D eigenvalue weighted by atomic mass is 16.5. The summed E-state index contributed by atoms with van der Waals surface area (Å²) < 4.78 is 5.26. The zero-order chi connectivity index (χ0) is 12.3. The van der Waals surface area contributed by atoms with Crippen LogP contribution in [0.4, 0.5) is 0 Å². The molecular weight excluding hydrogens is 218 g/mol. The molecule has 4 heteroatoms. The Balaban J connectivity index is 2.56. The number of aromatic nitrogens is 1. The van der Waals surface area contributed by atoms with Crippen LogP contribution in [0.2, 0.25) is 0 Å². The van der Waals surface area contributed by atoms with Gasteiger partial charge in [0, 0.05) is 23.8 Å². The Morgan fingerprint density at radius 2 is 2.18 bits per heavy atom. The van der Waals surface area contributed by atoms with Gasteiger partial charge in [-0.2, -0.15) is 0 Å². The molecule has 1 heterocycles. The highest BCUT2D eigenvalue weighted by Gasteiger charge is 2.22. The van der Waals surface area contributed by atoms with E-state index >= 15 is 0 Å². The number of carbonyl (C=O) groups is 1. The molecule has 1 aromatic heterocycles. The van der Waals surface area contributed by atoms with Gasteiger partial charge < -0.3 is 9.84 Å². The van der Waals surface area contributed by atoms with Gasteiger partial charge in [-0.3, -0.25) is 4.98 Å².